The third-order valence-corrected chi connectivity index (χ3v) is 9.87. The average molecular weight is 423 g/mol. The second-order valence-electron chi connectivity index (χ2n) is 5.19. The molecule has 0 radical (unpaired) electrons. The highest BCUT2D eigenvalue weighted by Crippen LogP contribution is 2.62. The first-order chi connectivity index (χ1) is 12.2. The monoisotopic (exact) mass is 422 g/mol. The molecule has 5 rings (SSSR count). The van der Waals surface area contributed by atoms with Crippen molar-refractivity contribution in [2.24, 2.45) is 0 Å². The van der Waals surface area contributed by atoms with Gasteiger partial charge in [-0.25, -0.2) is 0 Å². The number of thioether (sulfide) groups is 4. The van der Waals surface area contributed by atoms with Crippen molar-refractivity contribution in [2.45, 2.75) is 19.6 Å². The predicted molar refractivity (Wildman–Crippen MR) is 107 cm³/mol. The van der Waals surface area contributed by atoms with E-state index < -0.39 is 0 Å². The molecule has 2 aliphatic heterocycles. The van der Waals surface area contributed by atoms with Gasteiger partial charge in [-0.05, 0) is 24.3 Å². The minimum absolute atomic E-state index is 0.771. The molecule has 3 aromatic rings. The van der Waals surface area contributed by atoms with Crippen molar-refractivity contribution in [3.8, 4) is 11.5 Å². The molecule has 2 aliphatic rings. The van der Waals surface area contributed by atoms with Crippen LogP contribution < -0.4 is 9.47 Å². The fraction of sp³-hybridized carbons (Fsp3) is 0.125. The Balaban J connectivity index is 1.49. The molecule has 126 valence electrons. The molecule has 0 N–H and O–H groups in total. The van der Waals surface area contributed by atoms with Gasteiger partial charge in [0.25, 0.3) is 0 Å². The van der Waals surface area contributed by atoms with E-state index in [-0.39, 0.29) is 0 Å². The van der Waals surface area contributed by atoms with E-state index in [0.29, 0.717) is 0 Å². The van der Waals surface area contributed by atoms with E-state index in [2.05, 4.69) is 33.0 Å². The standard InChI is InChI=1S/C16H10N2O2S5/c1-19-9-5-13-14(6-10(9)20-2)24-16(23-13)15-21-11-3-7-8(18-25-17-7)4-12(11)22-15/h3-6H,1-2H3. The topological polar surface area (TPSA) is 44.2 Å². The number of fused-ring (bicyclic) bond motifs is 3. The van der Waals surface area contributed by atoms with Crippen LogP contribution in [-0.2, 0) is 0 Å². The van der Waals surface area contributed by atoms with Gasteiger partial charge >= 0.3 is 0 Å². The Bertz CT molecular complexity index is 969. The maximum atomic E-state index is 5.42. The van der Waals surface area contributed by atoms with Crippen LogP contribution in [0, 0.1) is 0 Å². The summed E-state index contributed by atoms with van der Waals surface area (Å²) in [5, 5.41) is 0. The Kier molecular flexibility index (Phi) is 4.09. The van der Waals surface area contributed by atoms with Crippen molar-refractivity contribution >= 4 is 69.8 Å². The summed E-state index contributed by atoms with van der Waals surface area (Å²) in [5.74, 6) is 1.54. The Labute approximate surface area is 165 Å². The summed E-state index contributed by atoms with van der Waals surface area (Å²) < 4.78 is 22.1. The number of ether oxygens (including phenoxy) is 2. The van der Waals surface area contributed by atoms with Crippen LogP contribution in [0.25, 0.3) is 11.0 Å². The van der Waals surface area contributed by atoms with Gasteiger partial charge in [-0.15, -0.1) is 0 Å². The highest BCUT2D eigenvalue weighted by Gasteiger charge is 2.28. The maximum Gasteiger partial charge on any atom is 0.161 e. The maximum absolute atomic E-state index is 5.42. The zero-order valence-electron chi connectivity index (χ0n) is 13.1. The highest BCUT2D eigenvalue weighted by molar-refractivity contribution is 8.30. The fourth-order valence-corrected chi connectivity index (χ4v) is 8.42. The van der Waals surface area contributed by atoms with Gasteiger partial charge in [0.2, 0.25) is 0 Å². The molecule has 3 heterocycles. The SMILES string of the molecule is COc1cc2c(cc1OC)SC(=C1Sc3cc4nsnc4cc3S1)S2. The summed E-state index contributed by atoms with van der Waals surface area (Å²) in [5.41, 5.74) is 1.96. The van der Waals surface area contributed by atoms with Crippen LogP contribution in [0.5, 0.6) is 11.5 Å². The number of aromatic nitrogens is 2. The lowest BCUT2D eigenvalue weighted by atomic mass is 10.3. The van der Waals surface area contributed by atoms with E-state index in [0.717, 1.165) is 22.5 Å². The molecule has 0 saturated heterocycles. The molecule has 0 spiro atoms. The van der Waals surface area contributed by atoms with E-state index in [1.54, 1.807) is 37.7 Å². The highest BCUT2D eigenvalue weighted by atomic mass is 32.2. The molecule has 0 bridgehead atoms. The summed E-state index contributed by atoms with van der Waals surface area (Å²) >= 11 is 8.49. The molecule has 25 heavy (non-hydrogen) atoms. The van der Waals surface area contributed by atoms with E-state index >= 15 is 0 Å². The molecule has 1 aromatic heterocycles. The molecule has 0 fully saturated rings. The van der Waals surface area contributed by atoms with E-state index in [1.807, 2.05) is 23.5 Å². The molecule has 0 aliphatic carbocycles. The second-order valence-corrected chi connectivity index (χ2v) is 10.4. The fourth-order valence-electron chi connectivity index (χ4n) is 2.56. The first kappa shape index (κ1) is 16.2. The molecular weight excluding hydrogens is 413 g/mol. The summed E-state index contributed by atoms with van der Waals surface area (Å²) in [6.07, 6.45) is 0. The summed E-state index contributed by atoms with van der Waals surface area (Å²) in [7, 11) is 3.34. The average Bonchev–Trinajstić information content (AvgIpc) is 3.34. The van der Waals surface area contributed by atoms with Crippen molar-refractivity contribution in [2.75, 3.05) is 14.2 Å². The molecular formula is C16H10N2O2S5. The first-order valence-electron chi connectivity index (χ1n) is 7.23. The third kappa shape index (κ3) is 2.73. The van der Waals surface area contributed by atoms with Crippen LogP contribution in [0.3, 0.4) is 0 Å². The zero-order valence-corrected chi connectivity index (χ0v) is 17.1. The van der Waals surface area contributed by atoms with Gasteiger partial charge in [-0.1, -0.05) is 47.0 Å². The Morgan fingerprint density at radius 2 is 1.04 bits per heavy atom. The lowest BCUT2D eigenvalue weighted by Gasteiger charge is -2.08. The minimum Gasteiger partial charge on any atom is -0.493 e. The largest absolute Gasteiger partial charge is 0.493 e. The van der Waals surface area contributed by atoms with Crippen molar-refractivity contribution in [1.82, 2.24) is 8.75 Å². The van der Waals surface area contributed by atoms with Crippen LogP contribution in [-0.4, -0.2) is 23.0 Å². The van der Waals surface area contributed by atoms with Crippen LogP contribution in [0.2, 0.25) is 0 Å². The van der Waals surface area contributed by atoms with Crippen molar-refractivity contribution in [1.29, 1.82) is 0 Å². The number of methoxy groups -OCH3 is 2. The Morgan fingerprint density at radius 1 is 0.640 bits per heavy atom. The quantitative estimate of drug-likeness (QED) is 0.503. The molecule has 0 amide bonds. The van der Waals surface area contributed by atoms with Gasteiger partial charge in [-0.3, -0.25) is 0 Å². The van der Waals surface area contributed by atoms with Crippen LogP contribution in [0.4, 0.5) is 0 Å². The molecule has 0 saturated carbocycles. The first-order valence-corrected chi connectivity index (χ1v) is 11.2. The molecule has 0 unspecified atom stereocenters. The number of nitrogens with zero attached hydrogens (tertiary/aromatic N) is 2. The number of benzene rings is 2. The second kappa shape index (κ2) is 6.31. The molecule has 2 aromatic carbocycles. The van der Waals surface area contributed by atoms with Crippen molar-refractivity contribution in [3.63, 3.8) is 0 Å². The van der Waals surface area contributed by atoms with Crippen molar-refractivity contribution in [3.05, 3.63) is 32.7 Å². The summed E-state index contributed by atoms with van der Waals surface area (Å²) in [4.78, 5) is 4.96. The zero-order chi connectivity index (χ0) is 17.0. The Morgan fingerprint density at radius 3 is 1.44 bits per heavy atom. The van der Waals surface area contributed by atoms with E-state index in [4.69, 9.17) is 9.47 Å². The van der Waals surface area contributed by atoms with Gasteiger partial charge in [0.1, 0.15) is 11.0 Å². The molecule has 0 atom stereocenters. The molecule has 9 heteroatoms. The van der Waals surface area contributed by atoms with Gasteiger partial charge < -0.3 is 9.47 Å². The normalized spacial score (nSPS) is 15.6. The van der Waals surface area contributed by atoms with Crippen molar-refractivity contribution < 1.29 is 9.47 Å². The third-order valence-electron chi connectivity index (χ3n) is 3.75. The van der Waals surface area contributed by atoms with Gasteiger partial charge in [0.15, 0.2) is 11.5 Å². The van der Waals surface area contributed by atoms with Gasteiger partial charge in [0, 0.05) is 19.6 Å². The number of hydrogen-bond acceptors (Lipinski definition) is 9. The number of rotatable bonds is 2. The van der Waals surface area contributed by atoms with E-state index in [9.17, 15) is 0 Å². The van der Waals surface area contributed by atoms with Crippen LogP contribution in [0.1, 0.15) is 0 Å². The van der Waals surface area contributed by atoms with E-state index in [1.165, 1.54) is 39.8 Å². The Hall–Kier alpha value is -1.00. The summed E-state index contributed by atoms with van der Waals surface area (Å²) in [6, 6.07) is 8.40. The van der Waals surface area contributed by atoms with Gasteiger partial charge in [-0.2, -0.15) is 8.75 Å². The number of hydrogen-bond donors (Lipinski definition) is 0. The van der Waals surface area contributed by atoms with Gasteiger partial charge in [0.05, 0.1) is 34.4 Å². The summed E-state index contributed by atoms with van der Waals surface area (Å²) in [6.45, 7) is 0. The molecule has 4 nitrogen and oxygen atoms in total. The minimum atomic E-state index is 0.771. The predicted octanol–water partition coefficient (Wildman–Crippen LogP) is 5.93. The van der Waals surface area contributed by atoms with Crippen LogP contribution in [0.15, 0.2) is 52.3 Å². The lowest BCUT2D eigenvalue weighted by molar-refractivity contribution is 0.353. The smallest absolute Gasteiger partial charge is 0.161 e. The van der Waals surface area contributed by atoms with Crippen LogP contribution >= 0.6 is 58.8 Å². The lowest BCUT2D eigenvalue weighted by Crippen LogP contribution is -1.90.